The Morgan fingerprint density at radius 3 is 2.74 bits per heavy atom. The van der Waals surface area contributed by atoms with E-state index in [2.05, 4.69) is 0 Å². The molecule has 1 aromatic heterocycles. The van der Waals surface area contributed by atoms with E-state index in [4.69, 9.17) is 9.15 Å². The van der Waals surface area contributed by atoms with Crippen LogP contribution in [0, 0.1) is 6.92 Å². The van der Waals surface area contributed by atoms with Gasteiger partial charge in [0.1, 0.15) is 29.2 Å². The second-order valence-electron chi connectivity index (χ2n) is 6.18. The second kappa shape index (κ2) is 6.62. The van der Waals surface area contributed by atoms with E-state index in [9.17, 15) is 9.90 Å². The fraction of sp³-hybridized carbons (Fsp3) is 0.500. The van der Waals surface area contributed by atoms with Gasteiger partial charge in [-0.1, -0.05) is 0 Å². The number of rotatable bonds is 4. The summed E-state index contributed by atoms with van der Waals surface area (Å²) in [5.74, 6) is 0.380. The van der Waals surface area contributed by atoms with Crippen molar-refractivity contribution < 1.29 is 24.0 Å². The normalized spacial score (nSPS) is 15.9. The second-order valence-corrected chi connectivity index (χ2v) is 6.18. The zero-order chi connectivity index (χ0) is 16.4. The van der Waals surface area contributed by atoms with Gasteiger partial charge < -0.3 is 19.2 Å². The van der Waals surface area contributed by atoms with Crippen LogP contribution in [0.1, 0.15) is 47.9 Å². The summed E-state index contributed by atoms with van der Waals surface area (Å²) in [6.45, 7) is 6.76. The highest BCUT2D eigenvalue weighted by Gasteiger charge is 2.26. The lowest BCUT2D eigenvalue weighted by molar-refractivity contribution is -0.918. The highest BCUT2D eigenvalue weighted by molar-refractivity contribution is 6.06. The minimum Gasteiger partial charge on any atom is -0.507 e. The summed E-state index contributed by atoms with van der Waals surface area (Å²) in [5, 5.41) is 11.1. The number of hydrogen-bond acceptors (Lipinski definition) is 4. The minimum absolute atomic E-state index is 0.224. The molecule has 1 fully saturated rings. The molecule has 0 atom stereocenters. The number of aryl methyl sites for hydroxylation is 1. The molecular formula is C18H24NO4+. The van der Waals surface area contributed by atoms with Crippen molar-refractivity contribution in [2.45, 2.75) is 39.7 Å². The van der Waals surface area contributed by atoms with Crippen LogP contribution in [0.15, 0.2) is 16.5 Å². The zero-order valence-electron chi connectivity index (χ0n) is 13.8. The van der Waals surface area contributed by atoms with Crippen molar-refractivity contribution in [3.8, 4) is 5.75 Å². The number of piperidine rings is 1. The van der Waals surface area contributed by atoms with Crippen LogP contribution in [0.3, 0.4) is 0 Å². The number of esters is 1. The van der Waals surface area contributed by atoms with Gasteiger partial charge in [-0.15, -0.1) is 0 Å². The van der Waals surface area contributed by atoms with Crippen LogP contribution in [-0.2, 0) is 11.3 Å². The molecule has 0 radical (unpaired) electrons. The summed E-state index contributed by atoms with van der Waals surface area (Å²) < 4.78 is 10.9. The van der Waals surface area contributed by atoms with Crippen molar-refractivity contribution in [3.05, 3.63) is 29.0 Å². The van der Waals surface area contributed by atoms with Gasteiger partial charge in [0, 0.05) is 5.39 Å². The molecule has 0 spiro atoms. The highest BCUT2D eigenvalue weighted by atomic mass is 16.5. The number of quaternary nitrogens is 1. The molecule has 1 aliphatic rings. The summed E-state index contributed by atoms with van der Waals surface area (Å²) in [6, 6.07) is 3.37. The monoisotopic (exact) mass is 318 g/mol. The molecule has 0 unspecified atom stereocenters. The Morgan fingerprint density at radius 2 is 2.04 bits per heavy atom. The van der Waals surface area contributed by atoms with Gasteiger partial charge in [0.25, 0.3) is 0 Å². The molecule has 0 amide bonds. The van der Waals surface area contributed by atoms with E-state index < -0.39 is 0 Å². The Hall–Kier alpha value is -2.01. The average Bonchev–Trinajstić information content (AvgIpc) is 2.88. The first kappa shape index (κ1) is 15.9. The third kappa shape index (κ3) is 3.06. The van der Waals surface area contributed by atoms with Crippen LogP contribution in [0.5, 0.6) is 5.75 Å². The summed E-state index contributed by atoms with van der Waals surface area (Å²) in [4.78, 5) is 13.8. The van der Waals surface area contributed by atoms with Crippen molar-refractivity contribution >= 4 is 16.9 Å². The Labute approximate surface area is 135 Å². The highest BCUT2D eigenvalue weighted by Crippen LogP contribution is 2.33. The fourth-order valence-corrected chi connectivity index (χ4v) is 3.47. The van der Waals surface area contributed by atoms with Crippen LogP contribution in [0.4, 0.5) is 0 Å². The number of phenols is 1. The molecule has 2 N–H and O–H groups in total. The van der Waals surface area contributed by atoms with E-state index in [1.165, 1.54) is 24.2 Å². The first-order valence-electron chi connectivity index (χ1n) is 8.36. The molecule has 0 saturated carbocycles. The quantitative estimate of drug-likeness (QED) is 0.848. The van der Waals surface area contributed by atoms with Crippen LogP contribution in [-0.4, -0.2) is 30.8 Å². The van der Waals surface area contributed by atoms with Crippen LogP contribution < -0.4 is 4.90 Å². The van der Waals surface area contributed by atoms with Crippen molar-refractivity contribution in [2.24, 2.45) is 0 Å². The smallest absolute Gasteiger partial charge is 0.342 e. The number of carbonyl (C=O) groups is 1. The van der Waals surface area contributed by atoms with Crippen molar-refractivity contribution in [3.63, 3.8) is 0 Å². The molecule has 124 valence electrons. The van der Waals surface area contributed by atoms with Crippen molar-refractivity contribution in [2.75, 3.05) is 19.7 Å². The standard InChI is InChI=1S/C18H23NO4/c1-3-22-18(21)16-12(2)23-15-8-7-14(20)13(17(15)16)11-19-9-5-4-6-10-19/h7-8,20H,3-6,9-11H2,1-2H3/p+1. The molecule has 23 heavy (non-hydrogen) atoms. The molecule has 2 aromatic rings. The predicted octanol–water partition coefficient (Wildman–Crippen LogP) is 2.19. The lowest BCUT2D eigenvalue weighted by Gasteiger charge is -2.24. The first-order chi connectivity index (χ1) is 11.1. The Bertz CT molecular complexity index is 713. The summed E-state index contributed by atoms with van der Waals surface area (Å²) in [5.41, 5.74) is 1.87. The third-order valence-electron chi connectivity index (χ3n) is 4.58. The maximum atomic E-state index is 12.3. The largest absolute Gasteiger partial charge is 0.507 e. The summed E-state index contributed by atoms with van der Waals surface area (Å²) in [7, 11) is 0. The van der Waals surface area contributed by atoms with Crippen LogP contribution >= 0.6 is 0 Å². The number of benzene rings is 1. The van der Waals surface area contributed by atoms with Crippen LogP contribution in [0.2, 0.25) is 0 Å². The SMILES string of the molecule is CCOC(=O)c1c(C)oc2ccc(O)c(C[NH+]3CCCCC3)c12. The molecule has 0 aliphatic carbocycles. The molecule has 3 rings (SSSR count). The lowest BCUT2D eigenvalue weighted by Crippen LogP contribution is -3.11. The third-order valence-corrected chi connectivity index (χ3v) is 4.58. The predicted molar refractivity (Wildman–Crippen MR) is 86.8 cm³/mol. The van der Waals surface area contributed by atoms with Crippen molar-refractivity contribution in [1.29, 1.82) is 0 Å². The minimum atomic E-state index is -0.385. The van der Waals surface area contributed by atoms with E-state index in [1.54, 1.807) is 26.0 Å². The van der Waals surface area contributed by atoms with Gasteiger partial charge in [-0.05, 0) is 45.2 Å². The van der Waals surface area contributed by atoms with E-state index in [0.717, 1.165) is 18.7 Å². The molecule has 1 saturated heterocycles. The molecule has 0 bridgehead atoms. The van der Waals surface area contributed by atoms with Crippen molar-refractivity contribution in [1.82, 2.24) is 0 Å². The number of nitrogens with one attached hydrogen (secondary N) is 1. The van der Waals surface area contributed by atoms with Gasteiger partial charge in [0.2, 0.25) is 0 Å². The van der Waals surface area contributed by atoms with E-state index in [0.29, 0.717) is 35.4 Å². The fourth-order valence-electron chi connectivity index (χ4n) is 3.47. The number of ether oxygens (including phenoxy) is 1. The topological polar surface area (TPSA) is 64.1 Å². The number of likely N-dealkylation sites (tertiary alicyclic amines) is 1. The number of aromatic hydroxyl groups is 1. The Balaban J connectivity index is 2.07. The van der Waals surface area contributed by atoms with E-state index in [1.807, 2.05) is 0 Å². The first-order valence-corrected chi connectivity index (χ1v) is 8.36. The Morgan fingerprint density at radius 1 is 1.30 bits per heavy atom. The van der Waals surface area contributed by atoms with Crippen LogP contribution in [0.25, 0.3) is 11.0 Å². The number of fused-ring (bicyclic) bond motifs is 1. The van der Waals surface area contributed by atoms with Gasteiger partial charge in [0.15, 0.2) is 0 Å². The number of hydrogen-bond donors (Lipinski definition) is 2. The van der Waals surface area contributed by atoms with E-state index >= 15 is 0 Å². The molecule has 5 nitrogen and oxygen atoms in total. The number of furan rings is 1. The average molecular weight is 318 g/mol. The lowest BCUT2D eigenvalue weighted by atomic mass is 10.0. The maximum absolute atomic E-state index is 12.3. The Kier molecular flexibility index (Phi) is 4.57. The summed E-state index contributed by atoms with van der Waals surface area (Å²) >= 11 is 0. The number of carbonyl (C=O) groups excluding carboxylic acids is 1. The molecule has 5 heteroatoms. The number of phenolic OH excluding ortho intramolecular Hbond substituents is 1. The van der Waals surface area contributed by atoms with Gasteiger partial charge >= 0.3 is 5.97 Å². The van der Waals surface area contributed by atoms with Gasteiger partial charge in [-0.25, -0.2) is 4.79 Å². The van der Waals surface area contributed by atoms with Gasteiger partial charge in [-0.3, -0.25) is 0 Å². The van der Waals surface area contributed by atoms with Gasteiger partial charge in [-0.2, -0.15) is 0 Å². The molecule has 1 aliphatic heterocycles. The zero-order valence-corrected chi connectivity index (χ0v) is 13.8. The van der Waals surface area contributed by atoms with E-state index in [-0.39, 0.29) is 11.7 Å². The molecule has 1 aromatic carbocycles. The maximum Gasteiger partial charge on any atom is 0.342 e. The molecular weight excluding hydrogens is 294 g/mol. The van der Waals surface area contributed by atoms with Gasteiger partial charge in [0.05, 0.1) is 25.3 Å². The summed E-state index contributed by atoms with van der Waals surface area (Å²) in [6.07, 6.45) is 3.70. The molecule has 2 heterocycles.